The number of nitrogens with zero attached hydrogens (tertiary/aromatic N) is 4. The molecule has 0 atom stereocenters. The lowest BCUT2D eigenvalue weighted by Gasteiger charge is -2.15. The van der Waals surface area contributed by atoms with Crippen molar-refractivity contribution in [2.24, 2.45) is 0 Å². The summed E-state index contributed by atoms with van der Waals surface area (Å²) in [6, 6.07) is 1.89. The molecule has 24 heavy (non-hydrogen) atoms. The first-order valence-corrected chi connectivity index (χ1v) is 7.72. The minimum absolute atomic E-state index is 0.121. The third-order valence-electron chi connectivity index (χ3n) is 3.75. The van der Waals surface area contributed by atoms with Crippen molar-refractivity contribution in [1.29, 1.82) is 0 Å². The second-order valence-corrected chi connectivity index (χ2v) is 5.70. The van der Waals surface area contributed by atoms with Gasteiger partial charge in [-0.15, -0.1) is 0 Å². The van der Waals surface area contributed by atoms with E-state index in [9.17, 15) is 9.59 Å². The van der Waals surface area contributed by atoms with Gasteiger partial charge in [-0.1, -0.05) is 0 Å². The van der Waals surface area contributed by atoms with Gasteiger partial charge >= 0.3 is 0 Å². The molecule has 0 aliphatic heterocycles. The van der Waals surface area contributed by atoms with Crippen LogP contribution >= 0.6 is 0 Å². The quantitative estimate of drug-likeness (QED) is 0.774. The topological polar surface area (TPSA) is 91.0 Å². The number of rotatable bonds is 6. The Morgan fingerprint density at radius 3 is 2.58 bits per heavy atom. The van der Waals surface area contributed by atoms with Crippen molar-refractivity contribution in [2.75, 3.05) is 20.3 Å². The van der Waals surface area contributed by atoms with Gasteiger partial charge in [-0.25, -0.2) is 9.67 Å². The molecule has 8 heteroatoms. The molecule has 1 N–H and O–H groups in total. The van der Waals surface area contributed by atoms with Gasteiger partial charge in [0.2, 0.25) is 11.9 Å². The Hall–Kier alpha value is -2.48. The third-order valence-corrected chi connectivity index (χ3v) is 3.75. The summed E-state index contributed by atoms with van der Waals surface area (Å²) < 4.78 is 7.84. The lowest BCUT2D eigenvalue weighted by atomic mass is 10.2. The highest BCUT2D eigenvalue weighted by atomic mass is 16.5. The number of carbonyl (C=O) groups excluding carboxylic acids is 1. The molecule has 1 amide bonds. The maximum atomic E-state index is 12.6. The van der Waals surface area contributed by atoms with E-state index in [2.05, 4.69) is 15.4 Å². The van der Waals surface area contributed by atoms with Crippen LogP contribution in [-0.2, 0) is 16.1 Å². The Bertz CT molecular complexity index is 807. The van der Waals surface area contributed by atoms with Gasteiger partial charge in [-0.05, 0) is 33.8 Å². The minimum atomic E-state index is -0.276. The van der Waals surface area contributed by atoms with Gasteiger partial charge in [0.25, 0.3) is 5.56 Å². The van der Waals surface area contributed by atoms with Crippen LogP contribution in [-0.4, -0.2) is 45.5 Å². The van der Waals surface area contributed by atoms with Crippen molar-refractivity contribution < 1.29 is 9.53 Å². The normalized spacial score (nSPS) is 10.9. The molecule has 2 aromatic heterocycles. The SMILES string of the molecule is COCCNC(=O)Cn1c(-n2nc(C)cc2C)nc(C)c(C)c1=O. The summed E-state index contributed by atoms with van der Waals surface area (Å²) in [4.78, 5) is 29.3. The third kappa shape index (κ3) is 3.70. The van der Waals surface area contributed by atoms with E-state index < -0.39 is 0 Å². The zero-order valence-corrected chi connectivity index (χ0v) is 14.7. The van der Waals surface area contributed by atoms with E-state index in [-0.39, 0.29) is 18.0 Å². The molecule has 0 saturated heterocycles. The molecule has 2 aromatic rings. The van der Waals surface area contributed by atoms with Crippen LogP contribution in [0.15, 0.2) is 10.9 Å². The van der Waals surface area contributed by atoms with Crippen LogP contribution in [0.4, 0.5) is 0 Å². The summed E-state index contributed by atoms with van der Waals surface area (Å²) in [5, 5.41) is 7.09. The molecule has 0 unspecified atom stereocenters. The van der Waals surface area contributed by atoms with Crippen molar-refractivity contribution >= 4 is 5.91 Å². The van der Waals surface area contributed by atoms with E-state index in [1.165, 1.54) is 4.57 Å². The first kappa shape index (κ1) is 17.9. The average Bonchev–Trinajstić information content (AvgIpc) is 2.86. The number of carbonyl (C=O) groups is 1. The van der Waals surface area contributed by atoms with Gasteiger partial charge in [-0.2, -0.15) is 5.10 Å². The highest BCUT2D eigenvalue weighted by Gasteiger charge is 2.17. The molecule has 130 valence electrons. The van der Waals surface area contributed by atoms with Crippen LogP contribution in [0.3, 0.4) is 0 Å². The average molecular weight is 333 g/mol. The summed E-state index contributed by atoms with van der Waals surface area (Å²) in [6.07, 6.45) is 0. The maximum absolute atomic E-state index is 12.6. The Labute approximate surface area is 140 Å². The lowest BCUT2D eigenvalue weighted by Crippen LogP contribution is -2.37. The second-order valence-electron chi connectivity index (χ2n) is 5.70. The van der Waals surface area contributed by atoms with Crippen molar-refractivity contribution in [3.05, 3.63) is 39.1 Å². The maximum Gasteiger partial charge on any atom is 0.258 e. The molecule has 0 fully saturated rings. The van der Waals surface area contributed by atoms with Crippen LogP contribution in [0.25, 0.3) is 5.95 Å². The highest BCUT2D eigenvalue weighted by molar-refractivity contribution is 5.75. The fourth-order valence-corrected chi connectivity index (χ4v) is 2.37. The summed E-state index contributed by atoms with van der Waals surface area (Å²) in [6.45, 7) is 7.90. The van der Waals surface area contributed by atoms with E-state index in [1.54, 1.807) is 25.6 Å². The van der Waals surface area contributed by atoms with Gasteiger partial charge in [0, 0.05) is 30.6 Å². The molecular weight excluding hydrogens is 310 g/mol. The lowest BCUT2D eigenvalue weighted by molar-refractivity contribution is -0.121. The van der Waals surface area contributed by atoms with Crippen molar-refractivity contribution in [3.8, 4) is 5.95 Å². The van der Waals surface area contributed by atoms with Crippen molar-refractivity contribution in [2.45, 2.75) is 34.2 Å². The summed E-state index contributed by atoms with van der Waals surface area (Å²) in [5.41, 5.74) is 2.56. The van der Waals surface area contributed by atoms with Crippen LogP contribution in [0.5, 0.6) is 0 Å². The molecule has 0 spiro atoms. The zero-order valence-electron chi connectivity index (χ0n) is 14.7. The predicted octanol–water partition coefficient (Wildman–Crippen LogP) is 0.425. The number of ether oxygens (including phenoxy) is 1. The standard InChI is InChI=1S/C16H23N5O3/c1-10-8-11(2)21(19-10)16-18-13(4)12(3)15(23)20(16)9-14(22)17-6-7-24-5/h8H,6-7,9H2,1-5H3,(H,17,22). The molecule has 0 aliphatic carbocycles. The van der Waals surface area contributed by atoms with Crippen LogP contribution in [0, 0.1) is 27.7 Å². The highest BCUT2D eigenvalue weighted by Crippen LogP contribution is 2.10. The fourth-order valence-electron chi connectivity index (χ4n) is 2.37. The van der Waals surface area contributed by atoms with E-state index in [4.69, 9.17) is 4.74 Å². The number of hydrogen-bond acceptors (Lipinski definition) is 5. The Kier molecular flexibility index (Phi) is 5.50. The molecule has 2 heterocycles. The number of methoxy groups -OCH3 is 1. The molecule has 0 aliphatic rings. The Morgan fingerprint density at radius 1 is 1.29 bits per heavy atom. The largest absolute Gasteiger partial charge is 0.383 e. The minimum Gasteiger partial charge on any atom is -0.383 e. The second kappa shape index (κ2) is 7.39. The molecule has 0 aromatic carbocycles. The first-order chi connectivity index (χ1) is 11.3. The van der Waals surface area contributed by atoms with Gasteiger partial charge in [0.1, 0.15) is 6.54 Å². The van der Waals surface area contributed by atoms with Crippen LogP contribution in [0.2, 0.25) is 0 Å². The number of hydrogen-bond donors (Lipinski definition) is 1. The molecule has 2 rings (SSSR count). The molecule has 0 bridgehead atoms. The first-order valence-electron chi connectivity index (χ1n) is 7.72. The number of amides is 1. The van der Waals surface area contributed by atoms with Crippen molar-refractivity contribution in [1.82, 2.24) is 24.6 Å². The Balaban J connectivity index is 2.45. The molecule has 0 saturated carbocycles. The monoisotopic (exact) mass is 333 g/mol. The molecule has 8 nitrogen and oxygen atoms in total. The van der Waals surface area contributed by atoms with Gasteiger partial charge in [0.15, 0.2) is 0 Å². The van der Waals surface area contributed by atoms with Gasteiger partial charge in [-0.3, -0.25) is 14.2 Å². The summed E-state index contributed by atoms with van der Waals surface area (Å²) in [7, 11) is 1.56. The van der Waals surface area contributed by atoms with E-state index >= 15 is 0 Å². The number of nitrogens with one attached hydrogen (secondary N) is 1. The van der Waals surface area contributed by atoms with Crippen LogP contribution < -0.4 is 10.9 Å². The molecule has 0 radical (unpaired) electrons. The van der Waals surface area contributed by atoms with Crippen molar-refractivity contribution in [3.63, 3.8) is 0 Å². The van der Waals surface area contributed by atoms with Gasteiger partial charge < -0.3 is 10.1 Å². The number of aromatic nitrogens is 4. The Morgan fingerprint density at radius 2 is 2.00 bits per heavy atom. The fraction of sp³-hybridized carbons (Fsp3) is 0.500. The van der Waals surface area contributed by atoms with E-state index in [0.717, 1.165) is 11.4 Å². The van der Waals surface area contributed by atoms with E-state index in [0.29, 0.717) is 30.4 Å². The van der Waals surface area contributed by atoms with E-state index in [1.807, 2.05) is 19.9 Å². The summed E-state index contributed by atoms with van der Waals surface area (Å²) in [5.74, 6) is 0.0672. The van der Waals surface area contributed by atoms with Gasteiger partial charge in [0.05, 0.1) is 12.3 Å². The smallest absolute Gasteiger partial charge is 0.258 e. The zero-order chi connectivity index (χ0) is 17.9. The predicted molar refractivity (Wildman–Crippen MR) is 89.5 cm³/mol. The van der Waals surface area contributed by atoms with Crippen LogP contribution in [0.1, 0.15) is 22.6 Å². The molecular formula is C16H23N5O3. The summed E-state index contributed by atoms with van der Waals surface area (Å²) >= 11 is 0. The number of aryl methyl sites for hydroxylation is 3.